The van der Waals surface area contributed by atoms with E-state index in [-0.39, 0.29) is 12.1 Å². The van der Waals surface area contributed by atoms with Gasteiger partial charge in [0.15, 0.2) is 0 Å². The number of halogens is 2. The summed E-state index contributed by atoms with van der Waals surface area (Å²) in [5.41, 5.74) is 3.41. The van der Waals surface area contributed by atoms with Gasteiger partial charge in [-0.15, -0.1) is 0 Å². The predicted octanol–water partition coefficient (Wildman–Crippen LogP) is 4.28. The highest BCUT2D eigenvalue weighted by molar-refractivity contribution is 6.31. The van der Waals surface area contributed by atoms with Crippen LogP contribution in [-0.2, 0) is 0 Å². The SMILES string of the molecule is CC(C)(C)NCC(O)COc1ccc(Cl)cc1/C=N/NC(=O)Nc1ccc(Cl)cc1. The lowest BCUT2D eigenvalue weighted by Crippen LogP contribution is -2.42. The monoisotopic (exact) mass is 452 g/mol. The number of urea groups is 1. The van der Waals surface area contributed by atoms with Crippen molar-refractivity contribution in [1.82, 2.24) is 10.7 Å². The normalized spacial score (nSPS) is 12.6. The van der Waals surface area contributed by atoms with E-state index in [2.05, 4.69) is 21.2 Å². The standard InChI is InChI=1S/C21H26Cl2N4O3/c1-21(2,3)24-12-18(28)13-30-19-9-6-16(23)10-14(19)11-25-27-20(29)26-17-7-4-15(22)5-8-17/h4-11,18,24,28H,12-13H2,1-3H3,(H2,26,27,29)/b25-11+. The summed E-state index contributed by atoms with van der Waals surface area (Å²) >= 11 is 11.9. The lowest BCUT2D eigenvalue weighted by molar-refractivity contribution is 0.1000. The zero-order chi connectivity index (χ0) is 22.1. The topological polar surface area (TPSA) is 95.0 Å². The van der Waals surface area contributed by atoms with E-state index < -0.39 is 12.1 Å². The molecule has 2 rings (SSSR count). The maximum Gasteiger partial charge on any atom is 0.339 e. The molecule has 0 bridgehead atoms. The Bertz CT molecular complexity index is 868. The Morgan fingerprint density at radius 2 is 1.83 bits per heavy atom. The van der Waals surface area contributed by atoms with E-state index in [1.54, 1.807) is 42.5 Å². The van der Waals surface area contributed by atoms with Crippen LogP contribution in [0.15, 0.2) is 47.6 Å². The Balaban J connectivity index is 1.92. The number of anilines is 1. The summed E-state index contributed by atoms with van der Waals surface area (Å²) in [5, 5.41) is 20.9. The molecular weight excluding hydrogens is 427 g/mol. The van der Waals surface area contributed by atoms with Gasteiger partial charge in [0.2, 0.25) is 0 Å². The van der Waals surface area contributed by atoms with Crippen LogP contribution in [0.5, 0.6) is 5.75 Å². The molecule has 2 aromatic carbocycles. The molecule has 0 aliphatic carbocycles. The van der Waals surface area contributed by atoms with Crippen molar-refractivity contribution < 1.29 is 14.6 Å². The molecule has 0 radical (unpaired) electrons. The number of rotatable bonds is 8. The molecule has 1 unspecified atom stereocenters. The number of hydrogen-bond donors (Lipinski definition) is 4. The molecular formula is C21H26Cl2N4O3. The van der Waals surface area contributed by atoms with Crippen LogP contribution in [0.3, 0.4) is 0 Å². The summed E-state index contributed by atoms with van der Waals surface area (Å²) in [7, 11) is 0. The summed E-state index contributed by atoms with van der Waals surface area (Å²) in [6.07, 6.45) is 0.732. The van der Waals surface area contributed by atoms with Gasteiger partial charge < -0.3 is 20.5 Å². The fourth-order valence-corrected chi connectivity index (χ4v) is 2.58. The first-order valence-corrected chi connectivity index (χ1v) is 10.1. The first-order valence-electron chi connectivity index (χ1n) is 9.33. The van der Waals surface area contributed by atoms with E-state index in [0.717, 1.165) is 0 Å². The average molecular weight is 453 g/mol. The summed E-state index contributed by atoms with van der Waals surface area (Å²) in [5.74, 6) is 0.484. The van der Waals surface area contributed by atoms with Crippen LogP contribution in [0.1, 0.15) is 26.3 Å². The number of aliphatic hydroxyl groups is 1. The number of hydrogen-bond acceptors (Lipinski definition) is 5. The Labute approximate surface area is 186 Å². The Morgan fingerprint density at radius 3 is 2.50 bits per heavy atom. The molecule has 0 spiro atoms. The first-order chi connectivity index (χ1) is 14.1. The number of aliphatic hydroxyl groups excluding tert-OH is 1. The van der Waals surface area contributed by atoms with E-state index >= 15 is 0 Å². The molecule has 2 aromatic rings. The maximum atomic E-state index is 11.9. The van der Waals surface area contributed by atoms with E-state index in [4.69, 9.17) is 27.9 Å². The van der Waals surface area contributed by atoms with Crippen molar-refractivity contribution in [2.75, 3.05) is 18.5 Å². The van der Waals surface area contributed by atoms with Crippen LogP contribution < -0.4 is 20.8 Å². The Morgan fingerprint density at radius 1 is 1.17 bits per heavy atom. The molecule has 2 amide bonds. The molecule has 162 valence electrons. The van der Waals surface area contributed by atoms with Gasteiger partial charge in [0.1, 0.15) is 18.5 Å². The van der Waals surface area contributed by atoms with Crippen LogP contribution in [0.2, 0.25) is 10.0 Å². The van der Waals surface area contributed by atoms with Crippen molar-refractivity contribution in [2.45, 2.75) is 32.4 Å². The molecule has 0 aliphatic heterocycles. The molecule has 0 fully saturated rings. The van der Waals surface area contributed by atoms with Crippen molar-refractivity contribution in [2.24, 2.45) is 5.10 Å². The highest BCUT2D eigenvalue weighted by Crippen LogP contribution is 2.21. The van der Waals surface area contributed by atoms with Gasteiger partial charge in [0.05, 0.1) is 6.21 Å². The number of benzene rings is 2. The molecule has 9 heteroatoms. The number of nitrogens with zero attached hydrogens (tertiary/aromatic N) is 1. The summed E-state index contributed by atoms with van der Waals surface area (Å²) in [4.78, 5) is 11.9. The minimum absolute atomic E-state index is 0.0933. The van der Waals surface area contributed by atoms with Crippen LogP contribution in [0.4, 0.5) is 10.5 Å². The summed E-state index contributed by atoms with van der Waals surface area (Å²) < 4.78 is 5.70. The van der Waals surface area contributed by atoms with Crippen molar-refractivity contribution in [3.8, 4) is 5.75 Å². The number of β-amino-alcohol motifs (C(OH)–C–C–N with tert-alkyl or cyclic N) is 1. The fraction of sp³-hybridized carbons (Fsp3) is 0.333. The van der Waals surface area contributed by atoms with Gasteiger partial charge in [-0.2, -0.15) is 5.10 Å². The third-order valence-corrected chi connectivity index (χ3v) is 4.23. The number of ether oxygens (including phenoxy) is 1. The summed E-state index contributed by atoms with van der Waals surface area (Å²) in [6.45, 7) is 6.54. The number of hydrazone groups is 1. The second-order valence-corrected chi connectivity index (χ2v) is 8.48. The molecule has 0 aromatic heterocycles. The van der Waals surface area contributed by atoms with Crippen LogP contribution in [0.25, 0.3) is 0 Å². The largest absolute Gasteiger partial charge is 0.490 e. The lowest BCUT2D eigenvalue weighted by atomic mass is 10.1. The third kappa shape index (κ3) is 9.00. The molecule has 0 heterocycles. The van der Waals surface area contributed by atoms with E-state index in [0.29, 0.717) is 33.6 Å². The number of carbonyl (C=O) groups excluding carboxylic acids is 1. The number of carbonyl (C=O) groups is 1. The molecule has 0 saturated heterocycles. The third-order valence-electron chi connectivity index (χ3n) is 3.74. The minimum Gasteiger partial charge on any atom is -0.490 e. The second kappa shape index (κ2) is 11.2. The Kier molecular flexibility index (Phi) is 8.92. The van der Waals surface area contributed by atoms with Gasteiger partial charge in [-0.1, -0.05) is 23.2 Å². The van der Waals surface area contributed by atoms with E-state index in [9.17, 15) is 9.90 Å². The second-order valence-electron chi connectivity index (χ2n) is 7.61. The van der Waals surface area contributed by atoms with E-state index in [1.165, 1.54) is 6.21 Å². The molecule has 0 saturated carbocycles. The fourth-order valence-electron chi connectivity index (χ4n) is 2.27. The van der Waals surface area contributed by atoms with Gasteiger partial charge in [-0.3, -0.25) is 0 Å². The van der Waals surface area contributed by atoms with Crippen molar-refractivity contribution in [1.29, 1.82) is 0 Å². The van der Waals surface area contributed by atoms with Crippen LogP contribution >= 0.6 is 23.2 Å². The van der Waals surface area contributed by atoms with Gasteiger partial charge in [-0.05, 0) is 63.2 Å². The van der Waals surface area contributed by atoms with Crippen LogP contribution in [-0.4, -0.2) is 42.1 Å². The molecule has 0 aliphatic rings. The summed E-state index contributed by atoms with van der Waals surface area (Å²) in [6, 6.07) is 11.2. The zero-order valence-electron chi connectivity index (χ0n) is 17.1. The predicted molar refractivity (Wildman–Crippen MR) is 122 cm³/mol. The molecule has 4 N–H and O–H groups in total. The molecule has 30 heavy (non-hydrogen) atoms. The number of nitrogens with one attached hydrogen (secondary N) is 3. The van der Waals surface area contributed by atoms with Crippen molar-refractivity contribution in [3.05, 3.63) is 58.1 Å². The van der Waals surface area contributed by atoms with Gasteiger partial charge in [0, 0.05) is 33.4 Å². The Hall–Kier alpha value is -2.32. The van der Waals surface area contributed by atoms with Crippen molar-refractivity contribution in [3.63, 3.8) is 0 Å². The molecule has 7 nitrogen and oxygen atoms in total. The van der Waals surface area contributed by atoms with Gasteiger partial charge in [0.25, 0.3) is 0 Å². The van der Waals surface area contributed by atoms with Crippen LogP contribution in [0, 0.1) is 0 Å². The smallest absolute Gasteiger partial charge is 0.339 e. The maximum absolute atomic E-state index is 11.9. The minimum atomic E-state index is -0.687. The quantitative estimate of drug-likeness (QED) is 0.355. The average Bonchev–Trinajstić information content (AvgIpc) is 2.67. The lowest BCUT2D eigenvalue weighted by Gasteiger charge is -2.23. The van der Waals surface area contributed by atoms with Gasteiger partial charge in [-0.25, -0.2) is 10.2 Å². The highest BCUT2D eigenvalue weighted by Gasteiger charge is 2.13. The number of amides is 2. The first kappa shape index (κ1) is 24.0. The molecule has 1 atom stereocenters. The van der Waals surface area contributed by atoms with Gasteiger partial charge >= 0.3 is 6.03 Å². The van der Waals surface area contributed by atoms with Crippen molar-refractivity contribution >= 4 is 41.1 Å². The zero-order valence-corrected chi connectivity index (χ0v) is 18.6. The highest BCUT2D eigenvalue weighted by atomic mass is 35.5. The van der Waals surface area contributed by atoms with E-state index in [1.807, 2.05) is 20.8 Å².